The van der Waals surface area contributed by atoms with Gasteiger partial charge in [-0.25, -0.2) is 9.67 Å². The van der Waals surface area contributed by atoms with Crippen LogP contribution in [-0.4, -0.2) is 62.7 Å². The monoisotopic (exact) mass is 636 g/mol. The second-order valence-electron chi connectivity index (χ2n) is 9.04. The van der Waals surface area contributed by atoms with Crippen molar-refractivity contribution < 1.29 is 41.3 Å². The van der Waals surface area contributed by atoms with Gasteiger partial charge >= 0.3 is 18.3 Å². The average Bonchev–Trinajstić information content (AvgIpc) is 3.47. The zero-order valence-electron chi connectivity index (χ0n) is 23.0. The summed E-state index contributed by atoms with van der Waals surface area (Å²) < 4.78 is 73.7. The third kappa shape index (κ3) is 8.37. The van der Waals surface area contributed by atoms with Gasteiger partial charge in [0, 0.05) is 11.3 Å². The Labute approximate surface area is 251 Å². The quantitative estimate of drug-likeness (QED) is 0.0710. The lowest BCUT2D eigenvalue weighted by Crippen LogP contribution is -2.41. The van der Waals surface area contributed by atoms with Crippen LogP contribution in [0.15, 0.2) is 78.2 Å². The number of thioether (sulfide) groups is 1. The number of aryl methyl sites for hydroxylation is 1. The maximum atomic E-state index is 13.1. The number of aliphatic carboxylic acids is 1. The number of hydrogen-bond acceptors (Lipinski definition) is 9. The van der Waals surface area contributed by atoms with Gasteiger partial charge in [0.1, 0.15) is 17.8 Å². The molecule has 16 heteroatoms. The van der Waals surface area contributed by atoms with Crippen LogP contribution < -0.4 is 20.2 Å². The van der Waals surface area contributed by atoms with E-state index in [9.17, 15) is 26.7 Å². The fourth-order valence-electron chi connectivity index (χ4n) is 3.62. The van der Waals surface area contributed by atoms with Gasteiger partial charge < -0.3 is 19.9 Å². The molecule has 3 aromatic carbocycles. The molecule has 0 bridgehead atoms. The predicted molar refractivity (Wildman–Crippen MR) is 154 cm³/mol. The maximum Gasteiger partial charge on any atom is 0.499 e. The lowest BCUT2D eigenvalue weighted by atomic mass is 10.1. The highest BCUT2D eigenvalue weighted by Crippen LogP contribution is 2.37. The number of anilines is 1. The molecule has 3 N–H and O–H groups in total. The average molecular weight is 637 g/mol. The highest BCUT2D eigenvalue weighted by molar-refractivity contribution is 8.00. The molecule has 1 heterocycles. The number of ether oxygens (including phenoxy) is 2. The van der Waals surface area contributed by atoms with Gasteiger partial charge in [-0.2, -0.15) is 27.1 Å². The van der Waals surface area contributed by atoms with Crippen LogP contribution in [0.1, 0.15) is 11.1 Å². The summed E-state index contributed by atoms with van der Waals surface area (Å²) in [6.45, 7) is 1.89. The van der Waals surface area contributed by atoms with E-state index in [1.54, 1.807) is 43.7 Å². The van der Waals surface area contributed by atoms with E-state index in [4.69, 9.17) is 9.84 Å². The number of rotatable bonds is 13. The molecule has 232 valence electrons. The van der Waals surface area contributed by atoms with Crippen LogP contribution in [-0.2, 0) is 4.79 Å². The standard InChI is InChI=1S/C28H25F5N6O4S/c1-17-13-22(42-2)11-12-23(17)36-26(44-15-24(40)41)37-35-14-18-3-5-19(6-4-18)25-34-16-39(38-25)20-7-9-21(10-8-20)43-28(32,33)27(29,30)31/h3-14,16,26,36-37H,15H2,1-2H3,(H,40,41)/b35-14+. The lowest BCUT2D eigenvalue weighted by molar-refractivity contribution is -0.360. The van der Waals surface area contributed by atoms with E-state index >= 15 is 0 Å². The minimum absolute atomic E-state index is 0.157. The number of hydrogen-bond donors (Lipinski definition) is 3. The first-order valence-electron chi connectivity index (χ1n) is 12.6. The van der Waals surface area contributed by atoms with Crippen LogP contribution in [0.2, 0.25) is 0 Å². The summed E-state index contributed by atoms with van der Waals surface area (Å²) in [4.78, 5) is 15.3. The topological polar surface area (TPSA) is 123 Å². The third-order valence-electron chi connectivity index (χ3n) is 5.84. The van der Waals surface area contributed by atoms with Gasteiger partial charge in [-0.1, -0.05) is 24.3 Å². The number of aromatic nitrogens is 3. The van der Waals surface area contributed by atoms with Crippen LogP contribution >= 0.6 is 11.8 Å². The molecule has 0 saturated heterocycles. The normalized spacial score (nSPS) is 12.6. The molecule has 0 saturated carbocycles. The van der Waals surface area contributed by atoms with Crippen molar-refractivity contribution in [3.8, 4) is 28.6 Å². The molecule has 1 unspecified atom stereocenters. The summed E-state index contributed by atoms with van der Waals surface area (Å²) in [5, 5.41) is 20.9. The molecular weight excluding hydrogens is 611 g/mol. The summed E-state index contributed by atoms with van der Waals surface area (Å²) in [7, 11) is 1.57. The van der Waals surface area contributed by atoms with Crippen molar-refractivity contribution in [1.29, 1.82) is 0 Å². The number of nitrogens with zero attached hydrogens (tertiary/aromatic N) is 4. The first kappa shape index (κ1) is 32.1. The van der Waals surface area contributed by atoms with E-state index in [-0.39, 0.29) is 5.75 Å². The largest absolute Gasteiger partial charge is 0.499 e. The number of methoxy groups -OCH3 is 1. The molecule has 0 spiro atoms. The molecule has 0 radical (unpaired) electrons. The Morgan fingerprint density at radius 1 is 1.07 bits per heavy atom. The molecule has 4 rings (SSSR count). The Kier molecular flexibility index (Phi) is 9.93. The van der Waals surface area contributed by atoms with Crippen molar-refractivity contribution in [3.63, 3.8) is 0 Å². The summed E-state index contributed by atoms with van der Waals surface area (Å²) in [5.74, 6) is -0.764. The predicted octanol–water partition coefficient (Wildman–Crippen LogP) is 5.92. The Balaban J connectivity index is 1.38. The van der Waals surface area contributed by atoms with Gasteiger partial charge in [-0.3, -0.25) is 10.2 Å². The molecule has 0 aliphatic carbocycles. The zero-order chi connectivity index (χ0) is 31.9. The third-order valence-corrected chi connectivity index (χ3v) is 6.81. The first-order chi connectivity index (χ1) is 20.8. The fourth-order valence-corrected chi connectivity index (χ4v) is 4.28. The van der Waals surface area contributed by atoms with Gasteiger partial charge in [0.25, 0.3) is 0 Å². The van der Waals surface area contributed by atoms with Crippen LogP contribution in [0.5, 0.6) is 11.5 Å². The molecule has 4 aromatic rings. The van der Waals surface area contributed by atoms with Crippen LogP contribution in [0.25, 0.3) is 17.1 Å². The Hall–Kier alpha value is -4.86. The van der Waals surface area contributed by atoms with E-state index in [0.717, 1.165) is 40.7 Å². The summed E-state index contributed by atoms with van der Waals surface area (Å²) >= 11 is 1.11. The summed E-state index contributed by atoms with van der Waals surface area (Å²) in [6.07, 6.45) is -8.25. The molecule has 0 aliphatic rings. The number of alkyl halides is 5. The zero-order valence-corrected chi connectivity index (χ0v) is 23.9. The van der Waals surface area contributed by atoms with E-state index < -0.39 is 29.5 Å². The molecule has 0 fully saturated rings. The van der Waals surface area contributed by atoms with Crippen LogP contribution in [0.3, 0.4) is 0 Å². The van der Waals surface area contributed by atoms with Crippen molar-refractivity contribution in [3.05, 3.63) is 84.2 Å². The van der Waals surface area contributed by atoms with E-state index in [1.165, 1.54) is 23.1 Å². The number of hydrazone groups is 1. The second kappa shape index (κ2) is 13.6. The molecule has 1 atom stereocenters. The van der Waals surface area contributed by atoms with Crippen LogP contribution in [0, 0.1) is 6.92 Å². The van der Waals surface area contributed by atoms with Gasteiger partial charge in [-0.05, 0) is 60.5 Å². The van der Waals surface area contributed by atoms with Gasteiger partial charge in [0.05, 0.1) is 24.8 Å². The number of carboxylic acid groups (broad SMARTS) is 1. The second-order valence-corrected chi connectivity index (χ2v) is 10.1. The highest BCUT2D eigenvalue weighted by atomic mass is 32.2. The van der Waals surface area contributed by atoms with Gasteiger partial charge in [0.15, 0.2) is 11.3 Å². The SMILES string of the molecule is COc1ccc(NC(N/N=C/c2ccc(-c3ncn(-c4ccc(OC(F)(F)C(F)(F)F)cc4)n3)cc2)SCC(=O)O)c(C)c1. The Morgan fingerprint density at radius 3 is 2.36 bits per heavy atom. The van der Waals surface area contributed by atoms with Gasteiger partial charge in [-0.15, -0.1) is 16.9 Å². The molecule has 10 nitrogen and oxygen atoms in total. The van der Waals surface area contributed by atoms with Crippen LogP contribution in [0.4, 0.5) is 27.6 Å². The van der Waals surface area contributed by atoms with Crippen molar-refractivity contribution in [2.45, 2.75) is 24.7 Å². The van der Waals surface area contributed by atoms with Crippen molar-refractivity contribution >= 4 is 29.6 Å². The highest BCUT2D eigenvalue weighted by Gasteiger charge is 2.61. The smallest absolute Gasteiger partial charge is 0.497 e. The molecule has 44 heavy (non-hydrogen) atoms. The molecule has 0 amide bonds. The fraction of sp³-hybridized carbons (Fsp3) is 0.214. The summed E-state index contributed by atoms with van der Waals surface area (Å²) in [5.41, 5.74) is 5.76. The van der Waals surface area contributed by atoms with Crippen molar-refractivity contribution in [2.75, 3.05) is 18.2 Å². The van der Waals surface area contributed by atoms with Crippen molar-refractivity contribution in [1.82, 2.24) is 20.2 Å². The molecular formula is C28H25F5N6O4S. The minimum Gasteiger partial charge on any atom is -0.497 e. The number of halogens is 5. The minimum atomic E-state index is -5.85. The summed E-state index contributed by atoms with van der Waals surface area (Å²) in [6, 6.07) is 16.9. The maximum absolute atomic E-state index is 13.1. The number of carbonyl (C=O) groups is 1. The number of nitrogens with one attached hydrogen (secondary N) is 2. The molecule has 1 aromatic heterocycles. The number of carboxylic acids is 1. The Morgan fingerprint density at radius 2 is 1.75 bits per heavy atom. The van der Waals surface area contributed by atoms with E-state index in [2.05, 4.69) is 30.7 Å². The lowest BCUT2D eigenvalue weighted by Gasteiger charge is -2.20. The first-order valence-corrected chi connectivity index (χ1v) is 13.7. The Bertz CT molecular complexity index is 1600. The van der Waals surface area contributed by atoms with E-state index in [0.29, 0.717) is 22.8 Å². The number of benzene rings is 3. The van der Waals surface area contributed by atoms with Gasteiger partial charge in [0.2, 0.25) is 0 Å². The molecule has 0 aliphatic heterocycles. The van der Waals surface area contributed by atoms with E-state index in [1.807, 2.05) is 19.1 Å². The van der Waals surface area contributed by atoms with Crippen molar-refractivity contribution in [2.24, 2.45) is 5.10 Å².